The van der Waals surface area contributed by atoms with Crippen molar-refractivity contribution in [1.29, 1.82) is 0 Å². The van der Waals surface area contributed by atoms with E-state index in [0.717, 1.165) is 31.8 Å². The number of hydrogen-bond acceptors (Lipinski definition) is 5. The zero-order valence-electron chi connectivity index (χ0n) is 12.3. The first-order valence-electron chi connectivity index (χ1n) is 7.00. The van der Waals surface area contributed by atoms with Crippen molar-refractivity contribution in [1.82, 2.24) is 20.3 Å². The molecule has 0 aliphatic heterocycles. The first-order valence-corrected chi connectivity index (χ1v) is 7.00. The van der Waals surface area contributed by atoms with E-state index >= 15 is 0 Å². The maximum Gasteiger partial charge on any atom is 0.0964 e. The lowest BCUT2D eigenvalue weighted by Crippen LogP contribution is -2.21. The molecule has 1 aromatic rings. The SMILES string of the molecule is CCCOCCOCCn1cc(CNC(C)C)nn1. The highest BCUT2D eigenvalue weighted by Crippen LogP contribution is 1.94. The molecule has 1 aromatic heterocycles. The molecule has 0 saturated carbocycles. The summed E-state index contributed by atoms with van der Waals surface area (Å²) in [6.07, 6.45) is 3.00. The van der Waals surface area contributed by atoms with Gasteiger partial charge in [0.2, 0.25) is 0 Å². The highest BCUT2D eigenvalue weighted by Gasteiger charge is 2.01. The summed E-state index contributed by atoms with van der Waals surface area (Å²) in [6.45, 7) is 10.5. The second kappa shape index (κ2) is 9.89. The van der Waals surface area contributed by atoms with Gasteiger partial charge in [-0.25, -0.2) is 4.68 Å². The van der Waals surface area contributed by atoms with E-state index < -0.39 is 0 Å². The third-order valence-corrected chi connectivity index (χ3v) is 2.46. The lowest BCUT2D eigenvalue weighted by Gasteiger charge is -2.05. The normalized spacial score (nSPS) is 11.4. The van der Waals surface area contributed by atoms with Gasteiger partial charge in [0.25, 0.3) is 0 Å². The lowest BCUT2D eigenvalue weighted by molar-refractivity contribution is 0.0441. The average molecular weight is 270 g/mol. The molecular formula is C13H26N4O2. The number of nitrogens with zero attached hydrogens (tertiary/aromatic N) is 3. The average Bonchev–Trinajstić information content (AvgIpc) is 2.83. The molecule has 0 spiro atoms. The quantitative estimate of drug-likeness (QED) is 0.613. The van der Waals surface area contributed by atoms with Crippen LogP contribution in [-0.2, 0) is 22.6 Å². The zero-order chi connectivity index (χ0) is 13.9. The van der Waals surface area contributed by atoms with E-state index in [4.69, 9.17) is 9.47 Å². The van der Waals surface area contributed by atoms with Crippen molar-refractivity contribution < 1.29 is 9.47 Å². The standard InChI is InChI=1S/C13H26N4O2/c1-4-6-18-8-9-19-7-5-17-11-13(15-16-17)10-14-12(2)3/h11-12,14H,4-10H2,1-3H3. The molecule has 0 bridgehead atoms. The van der Waals surface area contributed by atoms with E-state index in [-0.39, 0.29) is 0 Å². The van der Waals surface area contributed by atoms with Gasteiger partial charge in [-0.05, 0) is 6.42 Å². The molecule has 0 aromatic carbocycles. The monoisotopic (exact) mass is 270 g/mol. The van der Waals surface area contributed by atoms with E-state index in [1.807, 2.05) is 10.9 Å². The Labute approximate surface area is 115 Å². The Morgan fingerprint density at radius 1 is 1.21 bits per heavy atom. The Bertz CT molecular complexity index is 328. The summed E-state index contributed by atoms with van der Waals surface area (Å²) in [7, 11) is 0. The molecule has 0 fully saturated rings. The van der Waals surface area contributed by atoms with Crippen LogP contribution in [0.1, 0.15) is 32.9 Å². The zero-order valence-corrected chi connectivity index (χ0v) is 12.3. The van der Waals surface area contributed by atoms with E-state index in [1.54, 1.807) is 0 Å². The minimum Gasteiger partial charge on any atom is -0.379 e. The van der Waals surface area contributed by atoms with Crippen LogP contribution in [0.4, 0.5) is 0 Å². The molecule has 0 amide bonds. The molecule has 0 aliphatic rings. The van der Waals surface area contributed by atoms with Crippen molar-refractivity contribution in [2.75, 3.05) is 26.4 Å². The van der Waals surface area contributed by atoms with Crippen molar-refractivity contribution >= 4 is 0 Å². The minimum atomic E-state index is 0.455. The molecule has 0 aliphatic carbocycles. The minimum absolute atomic E-state index is 0.455. The molecule has 1 rings (SSSR count). The van der Waals surface area contributed by atoms with Gasteiger partial charge in [-0.3, -0.25) is 0 Å². The number of hydrogen-bond donors (Lipinski definition) is 1. The third kappa shape index (κ3) is 7.92. The van der Waals surface area contributed by atoms with Crippen LogP contribution in [0.15, 0.2) is 6.20 Å². The molecule has 0 unspecified atom stereocenters. The maximum atomic E-state index is 5.46. The van der Waals surface area contributed by atoms with Crippen molar-refractivity contribution in [3.63, 3.8) is 0 Å². The predicted octanol–water partition coefficient (Wildman–Crippen LogP) is 1.22. The molecule has 1 N–H and O–H groups in total. The number of aromatic nitrogens is 3. The van der Waals surface area contributed by atoms with Gasteiger partial charge >= 0.3 is 0 Å². The molecule has 19 heavy (non-hydrogen) atoms. The molecule has 0 radical (unpaired) electrons. The Kier molecular flexibility index (Phi) is 8.36. The number of rotatable bonds is 11. The molecular weight excluding hydrogens is 244 g/mol. The van der Waals surface area contributed by atoms with Crippen LogP contribution in [0.3, 0.4) is 0 Å². The molecule has 0 atom stereocenters. The summed E-state index contributed by atoms with van der Waals surface area (Å²) in [5.74, 6) is 0. The molecule has 110 valence electrons. The Balaban J connectivity index is 2.06. The Morgan fingerprint density at radius 2 is 1.95 bits per heavy atom. The first kappa shape index (κ1) is 16.1. The molecule has 1 heterocycles. The second-order valence-corrected chi connectivity index (χ2v) is 4.73. The highest BCUT2D eigenvalue weighted by molar-refractivity contribution is 4.91. The summed E-state index contributed by atoms with van der Waals surface area (Å²) in [4.78, 5) is 0. The number of ether oxygens (including phenoxy) is 2. The van der Waals surface area contributed by atoms with Gasteiger partial charge in [-0.1, -0.05) is 26.0 Å². The Morgan fingerprint density at radius 3 is 2.63 bits per heavy atom. The summed E-state index contributed by atoms with van der Waals surface area (Å²) in [5, 5.41) is 11.5. The highest BCUT2D eigenvalue weighted by atomic mass is 16.5. The van der Waals surface area contributed by atoms with Crippen LogP contribution in [-0.4, -0.2) is 47.5 Å². The number of nitrogens with one attached hydrogen (secondary N) is 1. The van der Waals surface area contributed by atoms with E-state index in [2.05, 4.69) is 36.4 Å². The summed E-state index contributed by atoms with van der Waals surface area (Å²) < 4.78 is 12.6. The summed E-state index contributed by atoms with van der Waals surface area (Å²) in [5.41, 5.74) is 0.958. The molecule has 6 heteroatoms. The fourth-order valence-corrected chi connectivity index (χ4v) is 1.46. The van der Waals surface area contributed by atoms with Gasteiger partial charge in [0.1, 0.15) is 0 Å². The second-order valence-electron chi connectivity index (χ2n) is 4.73. The van der Waals surface area contributed by atoms with Crippen LogP contribution in [0.5, 0.6) is 0 Å². The van der Waals surface area contributed by atoms with E-state index in [9.17, 15) is 0 Å². The van der Waals surface area contributed by atoms with Crippen LogP contribution in [0.2, 0.25) is 0 Å². The van der Waals surface area contributed by atoms with Gasteiger partial charge in [0.05, 0.1) is 32.1 Å². The van der Waals surface area contributed by atoms with Crippen LogP contribution in [0.25, 0.3) is 0 Å². The van der Waals surface area contributed by atoms with Crippen molar-refractivity contribution in [2.45, 2.75) is 46.3 Å². The fraction of sp³-hybridized carbons (Fsp3) is 0.846. The topological polar surface area (TPSA) is 61.2 Å². The first-order chi connectivity index (χ1) is 9.22. The fourth-order valence-electron chi connectivity index (χ4n) is 1.46. The smallest absolute Gasteiger partial charge is 0.0964 e. The summed E-state index contributed by atoms with van der Waals surface area (Å²) in [6, 6.07) is 0.455. The molecule has 0 saturated heterocycles. The summed E-state index contributed by atoms with van der Waals surface area (Å²) >= 11 is 0. The van der Waals surface area contributed by atoms with Gasteiger partial charge in [0.15, 0.2) is 0 Å². The van der Waals surface area contributed by atoms with Gasteiger partial charge in [-0.2, -0.15) is 0 Å². The van der Waals surface area contributed by atoms with Gasteiger partial charge in [-0.15, -0.1) is 5.10 Å². The largest absolute Gasteiger partial charge is 0.379 e. The van der Waals surface area contributed by atoms with Crippen molar-refractivity contribution in [2.24, 2.45) is 0 Å². The Hall–Kier alpha value is -0.980. The van der Waals surface area contributed by atoms with E-state index in [1.165, 1.54) is 0 Å². The maximum absolute atomic E-state index is 5.46. The van der Waals surface area contributed by atoms with Crippen LogP contribution < -0.4 is 5.32 Å². The third-order valence-electron chi connectivity index (χ3n) is 2.46. The predicted molar refractivity (Wildman–Crippen MR) is 73.9 cm³/mol. The molecule has 6 nitrogen and oxygen atoms in total. The van der Waals surface area contributed by atoms with E-state index in [0.29, 0.717) is 25.9 Å². The van der Waals surface area contributed by atoms with Crippen LogP contribution in [0, 0.1) is 0 Å². The van der Waals surface area contributed by atoms with Gasteiger partial charge < -0.3 is 14.8 Å². The lowest BCUT2D eigenvalue weighted by atomic mass is 10.3. The van der Waals surface area contributed by atoms with Crippen molar-refractivity contribution in [3.8, 4) is 0 Å². The van der Waals surface area contributed by atoms with Crippen LogP contribution >= 0.6 is 0 Å². The van der Waals surface area contributed by atoms with Crippen molar-refractivity contribution in [3.05, 3.63) is 11.9 Å². The van der Waals surface area contributed by atoms with Gasteiger partial charge in [0, 0.05) is 25.4 Å².